The molecule has 1 aromatic rings. The summed E-state index contributed by atoms with van der Waals surface area (Å²) in [5.41, 5.74) is -0.353. The first kappa shape index (κ1) is 20.3. The Kier molecular flexibility index (Phi) is 6.69. The molecule has 1 aromatic carbocycles. The molecule has 0 unspecified atom stereocenters. The van der Waals surface area contributed by atoms with Crippen LogP contribution in [0.3, 0.4) is 0 Å². The van der Waals surface area contributed by atoms with Crippen LogP contribution in [0.2, 0.25) is 0 Å². The molecule has 0 radical (unpaired) electrons. The lowest BCUT2D eigenvalue weighted by molar-refractivity contribution is -0.137. The minimum absolute atomic E-state index is 0.0866. The number of carboxylic acids is 1. The summed E-state index contributed by atoms with van der Waals surface area (Å²) in [4.78, 5) is 9.97. The predicted molar refractivity (Wildman–Crippen MR) is 86.1 cm³/mol. The van der Waals surface area contributed by atoms with Gasteiger partial charge in [-0.1, -0.05) is 0 Å². The van der Waals surface area contributed by atoms with E-state index in [-0.39, 0.29) is 30.0 Å². The standard InChI is InChI=1S/C13H19FN2O6S2/c1-9(2)23(19,20)16-12-6-5-10(8-11(12)14)24(21,22)15-7-3-4-13(17)18/h5-6,8-9,15-16H,3-4,7H2,1-2H3,(H,17,18). The molecule has 0 heterocycles. The number of benzene rings is 1. The van der Waals surface area contributed by atoms with Crippen molar-refractivity contribution >= 4 is 31.7 Å². The van der Waals surface area contributed by atoms with E-state index >= 15 is 0 Å². The van der Waals surface area contributed by atoms with Gasteiger partial charge in [0, 0.05) is 13.0 Å². The van der Waals surface area contributed by atoms with E-state index in [1.165, 1.54) is 13.8 Å². The molecule has 0 atom stereocenters. The van der Waals surface area contributed by atoms with Crippen molar-refractivity contribution in [1.29, 1.82) is 0 Å². The number of carbonyl (C=O) groups is 1. The van der Waals surface area contributed by atoms with E-state index in [0.717, 1.165) is 12.1 Å². The van der Waals surface area contributed by atoms with Crippen LogP contribution >= 0.6 is 0 Å². The van der Waals surface area contributed by atoms with Crippen molar-refractivity contribution in [3.05, 3.63) is 24.0 Å². The Bertz CT molecular complexity index is 806. The number of rotatable bonds is 9. The van der Waals surface area contributed by atoms with Crippen LogP contribution in [0.4, 0.5) is 10.1 Å². The maximum absolute atomic E-state index is 14.0. The van der Waals surface area contributed by atoms with Gasteiger partial charge in [0.2, 0.25) is 20.0 Å². The van der Waals surface area contributed by atoms with Crippen LogP contribution in [0, 0.1) is 5.82 Å². The van der Waals surface area contributed by atoms with Crippen molar-refractivity contribution in [2.75, 3.05) is 11.3 Å². The molecule has 0 saturated heterocycles. The largest absolute Gasteiger partial charge is 0.481 e. The van der Waals surface area contributed by atoms with Crippen molar-refractivity contribution in [3.8, 4) is 0 Å². The molecule has 0 saturated carbocycles. The van der Waals surface area contributed by atoms with Crippen molar-refractivity contribution in [2.24, 2.45) is 0 Å². The summed E-state index contributed by atoms with van der Waals surface area (Å²) in [5.74, 6) is -2.09. The molecule has 136 valence electrons. The van der Waals surface area contributed by atoms with Crippen molar-refractivity contribution < 1.29 is 31.1 Å². The highest BCUT2D eigenvalue weighted by atomic mass is 32.2. The molecule has 11 heteroatoms. The quantitative estimate of drug-likeness (QED) is 0.549. The molecule has 24 heavy (non-hydrogen) atoms. The summed E-state index contributed by atoms with van der Waals surface area (Å²) in [5, 5.41) is 7.69. The number of aliphatic carboxylic acids is 1. The highest BCUT2D eigenvalue weighted by Crippen LogP contribution is 2.21. The zero-order chi connectivity index (χ0) is 18.5. The normalized spacial score (nSPS) is 12.3. The summed E-state index contributed by atoms with van der Waals surface area (Å²) < 4.78 is 65.5. The van der Waals surface area contributed by atoms with Gasteiger partial charge in [-0.2, -0.15) is 0 Å². The lowest BCUT2D eigenvalue weighted by Gasteiger charge is -2.12. The van der Waals surface area contributed by atoms with E-state index in [4.69, 9.17) is 5.11 Å². The summed E-state index contributed by atoms with van der Waals surface area (Å²) in [7, 11) is -7.78. The molecule has 0 spiro atoms. The monoisotopic (exact) mass is 382 g/mol. The zero-order valence-corrected chi connectivity index (χ0v) is 14.7. The average Bonchev–Trinajstić information content (AvgIpc) is 2.45. The summed E-state index contributed by atoms with van der Waals surface area (Å²) in [6.45, 7) is 2.72. The number of halogens is 1. The van der Waals surface area contributed by atoms with Gasteiger partial charge in [-0.3, -0.25) is 9.52 Å². The van der Waals surface area contributed by atoms with E-state index in [1.807, 2.05) is 4.72 Å². The van der Waals surface area contributed by atoms with Crippen LogP contribution in [-0.4, -0.2) is 39.7 Å². The molecular formula is C13H19FN2O6S2. The second kappa shape index (κ2) is 7.90. The van der Waals surface area contributed by atoms with Gasteiger partial charge in [-0.25, -0.2) is 25.9 Å². The maximum atomic E-state index is 14.0. The van der Waals surface area contributed by atoms with Crippen molar-refractivity contribution in [1.82, 2.24) is 4.72 Å². The topological polar surface area (TPSA) is 130 Å². The van der Waals surface area contributed by atoms with Crippen LogP contribution in [0.15, 0.2) is 23.1 Å². The summed E-state index contributed by atoms with van der Waals surface area (Å²) in [6.07, 6.45) is -0.115. The van der Waals surface area contributed by atoms with Gasteiger partial charge in [-0.05, 0) is 38.5 Å². The van der Waals surface area contributed by atoms with Crippen LogP contribution in [-0.2, 0) is 24.8 Å². The predicted octanol–water partition coefficient (Wildman–Crippen LogP) is 1.12. The highest BCUT2D eigenvalue weighted by molar-refractivity contribution is 7.93. The summed E-state index contributed by atoms with van der Waals surface area (Å²) in [6, 6.07) is 2.76. The molecule has 3 N–H and O–H groups in total. The van der Waals surface area contributed by atoms with Crippen LogP contribution < -0.4 is 9.44 Å². The third kappa shape index (κ3) is 5.73. The van der Waals surface area contributed by atoms with E-state index in [1.54, 1.807) is 0 Å². The molecule has 0 aliphatic heterocycles. The second-order valence-electron chi connectivity index (χ2n) is 5.23. The molecule has 0 amide bonds. The number of nitrogens with one attached hydrogen (secondary N) is 2. The molecule has 1 rings (SSSR count). The molecular weight excluding hydrogens is 363 g/mol. The van der Waals surface area contributed by atoms with Gasteiger partial charge in [-0.15, -0.1) is 0 Å². The van der Waals surface area contributed by atoms with Gasteiger partial charge in [0.1, 0.15) is 5.82 Å². The van der Waals surface area contributed by atoms with Crippen LogP contribution in [0.25, 0.3) is 0 Å². The fourth-order valence-electron chi connectivity index (χ4n) is 1.55. The average molecular weight is 382 g/mol. The zero-order valence-electron chi connectivity index (χ0n) is 13.1. The second-order valence-corrected chi connectivity index (χ2v) is 9.24. The third-order valence-corrected chi connectivity index (χ3v) is 6.19. The fourth-order valence-corrected chi connectivity index (χ4v) is 3.34. The van der Waals surface area contributed by atoms with Gasteiger partial charge in [0.05, 0.1) is 15.8 Å². The van der Waals surface area contributed by atoms with Crippen LogP contribution in [0.5, 0.6) is 0 Å². The lowest BCUT2D eigenvalue weighted by atomic mass is 10.3. The van der Waals surface area contributed by atoms with Gasteiger partial charge in [0.15, 0.2) is 0 Å². The molecule has 0 aliphatic rings. The van der Waals surface area contributed by atoms with E-state index in [9.17, 15) is 26.0 Å². The number of carboxylic acid groups (broad SMARTS) is 1. The van der Waals surface area contributed by atoms with Crippen molar-refractivity contribution in [3.63, 3.8) is 0 Å². The number of hydrogen-bond donors (Lipinski definition) is 3. The van der Waals surface area contributed by atoms with E-state index < -0.39 is 37.1 Å². The smallest absolute Gasteiger partial charge is 0.303 e. The minimum Gasteiger partial charge on any atom is -0.481 e. The Balaban J connectivity index is 2.88. The molecule has 8 nitrogen and oxygen atoms in total. The Labute approximate surface area is 140 Å². The van der Waals surface area contributed by atoms with Crippen LogP contribution in [0.1, 0.15) is 26.7 Å². The Hall–Kier alpha value is -1.72. The molecule has 0 aromatic heterocycles. The fraction of sp³-hybridized carbons (Fsp3) is 0.462. The number of sulfonamides is 2. The Morgan fingerprint density at radius 2 is 1.88 bits per heavy atom. The SMILES string of the molecule is CC(C)S(=O)(=O)Nc1ccc(S(=O)(=O)NCCCC(=O)O)cc1F. The number of hydrogen-bond acceptors (Lipinski definition) is 5. The Morgan fingerprint density at radius 1 is 1.25 bits per heavy atom. The van der Waals surface area contributed by atoms with Crippen molar-refractivity contribution in [2.45, 2.75) is 36.8 Å². The minimum atomic E-state index is -4.02. The molecule has 0 bridgehead atoms. The number of anilines is 1. The highest BCUT2D eigenvalue weighted by Gasteiger charge is 2.20. The lowest BCUT2D eigenvalue weighted by Crippen LogP contribution is -2.26. The van der Waals surface area contributed by atoms with E-state index in [2.05, 4.69) is 4.72 Å². The maximum Gasteiger partial charge on any atom is 0.303 e. The Morgan fingerprint density at radius 3 is 2.38 bits per heavy atom. The summed E-state index contributed by atoms with van der Waals surface area (Å²) >= 11 is 0. The third-order valence-electron chi connectivity index (χ3n) is 2.98. The molecule has 0 fully saturated rings. The van der Waals surface area contributed by atoms with E-state index in [0.29, 0.717) is 6.07 Å². The van der Waals surface area contributed by atoms with Gasteiger partial charge >= 0.3 is 5.97 Å². The first-order valence-corrected chi connectivity index (χ1v) is 10.0. The molecule has 0 aliphatic carbocycles. The van der Waals surface area contributed by atoms with Gasteiger partial charge in [0.25, 0.3) is 0 Å². The first-order chi connectivity index (χ1) is 11.0. The van der Waals surface area contributed by atoms with Gasteiger partial charge < -0.3 is 5.11 Å². The first-order valence-electron chi connectivity index (χ1n) is 6.98.